The highest BCUT2D eigenvalue weighted by atomic mass is 19.1. The molecule has 5 heteroatoms. The van der Waals surface area contributed by atoms with Crippen LogP contribution in [0.2, 0.25) is 0 Å². The summed E-state index contributed by atoms with van der Waals surface area (Å²) in [6.45, 7) is 3.24. The summed E-state index contributed by atoms with van der Waals surface area (Å²) in [6.07, 6.45) is 0. The van der Waals surface area contributed by atoms with Gasteiger partial charge in [0.15, 0.2) is 23.1 Å². The van der Waals surface area contributed by atoms with Crippen molar-refractivity contribution in [2.45, 2.75) is 13.8 Å². The van der Waals surface area contributed by atoms with Gasteiger partial charge in [-0.25, -0.2) is 4.39 Å². The van der Waals surface area contributed by atoms with Gasteiger partial charge in [0, 0.05) is 11.5 Å². The molecule has 1 rings (SSSR count). The van der Waals surface area contributed by atoms with E-state index < -0.39 is 23.1 Å². The van der Waals surface area contributed by atoms with Crippen molar-refractivity contribution in [3.63, 3.8) is 0 Å². The molecule has 0 saturated carbocycles. The van der Waals surface area contributed by atoms with Gasteiger partial charge in [0.1, 0.15) is 5.71 Å². The van der Waals surface area contributed by atoms with Crippen molar-refractivity contribution in [1.82, 2.24) is 0 Å². The van der Waals surface area contributed by atoms with E-state index in [4.69, 9.17) is 15.6 Å². The molecule has 0 radical (unpaired) electrons. The zero-order valence-electron chi connectivity index (χ0n) is 8.91. The third kappa shape index (κ3) is 2.18. The van der Waals surface area contributed by atoms with Gasteiger partial charge in [-0.05, 0) is 12.1 Å². The summed E-state index contributed by atoms with van der Waals surface area (Å²) < 4.78 is 13.0. The number of benzene rings is 1. The van der Waals surface area contributed by atoms with Gasteiger partial charge in [0.2, 0.25) is 0 Å². The summed E-state index contributed by atoms with van der Waals surface area (Å²) in [4.78, 5) is 11.5. The first kappa shape index (κ1) is 12.2. The Labute approximate surface area is 91.9 Å². The van der Waals surface area contributed by atoms with E-state index in [-0.39, 0.29) is 17.2 Å². The van der Waals surface area contributed by atoms with Gasteiger partial charge in [-0.3, -0.25) is 10.2 Å². The van der Waals surface area contributed by atoms with Crippen LogP contribution in [-0.2, 0) is 4.79 Å². The van der Waals surface area contributed by atoms with Gasteiger partial charge in [0.05, 0.1) is 0 Å². The van der Waals surface area contributed by atoms with Crippen LogP contribution in [0.1, 0.15) is 19.4 Å². The molecule has 3 N–H and O–H groups in total. The fraction of sp³-hybridized carbons (Fsp3) is 0.273. The van der Waals surface area contributed by atoms with Crippen LogP contribution in [0.5, 0.6) is 11.5 Å². The second-order valence-electron chi connectivity index (χ2n) is 3.72. The Morgan fingerprint density at radius 2 is 1.94 bits per heavy atom. The standard InChI is InChI=1S/C11H12FNO3/c1-5(2)10(15)9(13)6-3-7(12)11(16)8(14)4-6/h3-5,13-14,16H,1-2H3. The molecule has 0 unspecified atom stereocenters. The van der Waals surface area contributed by atoms with Crippen LogP contribution >= 0.6 is 0 Å². The highest BCUT2D eigenvalue weighted by molar-refractivity contribution is 6.45. The molecule has 16 heavy (non-hydrogen) atoms. The van der Waals surface area contributed by atoms with Crippen molar-refractivity contribution in [3.05, 3.63) is 23.5 Å². The second-order valence-corrected chi connectivity index (χ2v) is 3.72. The van der Waals surface area contributed by atoms with E-state index in [1.54, 1.807) is 13.8 Å². The van der Waals surface area contributed by atoms with Gasteiger partial charge in [-0.2, -0.15) is 0 Å². The average molecular weight is 225 g/mol. The van der Waals surface area contributed by atoms with Gasteiger partial charge < -0.3 is 10.2 Å². The lowest BCUT2D eigenvalue weighted by Crippen LogP contribution is -2.19. The molecule has 1 aromatic carbocycles. The number of nitrogens with one attached hydrogen (secondary N) is 1. The first-order valence-electron chi connectivity index (χ1n) is 4.69. The van der Waals surface area contributed by atoms with Crippen LogP contribution in [0.25, 0.3) is 0 Å². The van der Waals surface area contributed by atoms with E-state index >= 15 is 0 Å². The fourth-order valence-corrected chi connectivity index (χ4v) is 1.16. The highest BCUT2D eigenvalue weighted by Gasteiger charge is 2.18. The predicted octanol–water partition coefficient (Wildman–Crippen LogP) is 1.83. The number of hydrogen-bond acceptors (Lipinski definition) is 4. The van der Waals surface area contributed by atoms with Crippen LogP contribution < -0.4 is 0 Å². The third-order valence-electron chi connectivity index (χ3n) is 2.10. The molecule has 4 nitrogen and oxygen atoms in total. The normalized spacial score (nSPS) is 10.5. The molecule has 0 aliphatic rings. The molecule has 0 aliphatic heterocycles. The van der Waals surface area contributed by atoms with E-state index in [0.29, 0.717) is 0 Å². The predicted molar refractivity (Wildman–Crippen MR) is 56.4 cm³/mol. The van der Waals surface area contributed by atoms with Crippen molar-refractivity contribution in [3.8, 4) is 11.5 Å². The van der Waals surface area contributed by atoms with Gasteiger partial charge in [-0.15, -0.1) is 0 Å². The van der Waals surface area contributed by atoms with Crippen LogP contribution in [0, 0.1) is 17.1 Å². The van der Waals surface area contributed by atoms with Crippen molar-refractivity contribution in [2.24, 2.45) is 5.92 Å². The molecule has 86 valence electrons. The molecular formula is C11H12FNO3. The molecule has 0 amide bonds. The summed E-state index contributed by atoms with van der Waals surface area (Å²) in [5, 5.41) is 25.7. The Morgan fingerprint density at radius 3 is 2.38 bits per heavy atom. The first-order valence-corrected chi connectivity index (χ1v) is 4.69. The van der Waals surface area contributed by atoms with E-state index in [9.17, 15) is 9.18 Å². The Kier molecular flexibility index (Phi) is 3.27. The Morgan fingerprint density at radius 1 is 1.38 bits per heavy atom. The number of phenols is 2. The number of carbonyl (C=O) groups excluding carboxylic acids is 1. The SMILES string of the molecule is CC(C)C(=O)C(=N)c1cc(O)c(O)c(F)c1. The number of rotatable bonds is 3. The van der Waals surface area contributed by atoms with E-state index in [2.05, 4.69) is 0 Å². The van der Waals surface area contributed by atoms with E-state index in [1.165, 1.54) is 0 Å². The highest BCUT2D eigenvalue weighted by Crippen LogP contribution is 2.29. The number of phenolic OH excluding ortho intramolecular Hbond substituents is 2. The van der Waals surface area contributed by atoms with Gasteiger partial charge in [0.25, 0.3) is 0 Å². The molecule has 0 aromatic heterocycles. The summed E-state index contributed by atoms with van der Waals surface area (Å²) in [5.41, 5.74) is -0.435. The summed E-state index contributed by atoms with van der Waals surface area (Å²) in [7, 11) is 0. The first-order chi connectivity index (χ1) is 7.34. The lowest BCUT2D eigenvalue weighted by atomic mass is 9.98. The van der Waals surface area contributed by atoms with E-state index in [1.807, 2.05) is 0 Å². The lowest BCUT2D eigenvalue weighted by molar-refractivity contribution is -0.115. The molecule has 0 spiro atoms. The molecular weight excluding hydrogens is 213 g/mol. The molecule has 0 heterocycles. The quantitative estimate of drug-likeness (QED) is 0.542. The molecule has 1 aromatic rings. The maximum absolute atomic E-state index is 13.0. The van der Waals surface area contributed by atoms with Crippen LogP contribution in [0.15, 0.2) is 12.1 Å². The summed E-state index contributed by atoms with van der Waals surface area (Å²) in [5.74, 6) is -3.46. The Bertz CT molecular complexity index is 432. The Hall–Kier alpha value is -1.91. The smallest absolute Gasteiger partial charge is 0.194 e. The topological polar surface area (TPSA) is 81.4 Å². The maximum Gasteiger partial charge on any atom is 0.194 e. The molecule has 0 saturated heterocycles. The zero-order valence-corrected chi connectivity index (χ0v) is 8.91. The molecule has 0 aliphatic carbocycles. The van der Waals surface area contributed by atoms with Gasteiger partial charge in [-0.1, -0.05) is 13.8 Å². The van der Waals surface area contributed by atoms with Crippen LogP contribution in [0.3, 0.4) is 0 Å². The van der Waals surface area contributed by atoms with Crippen molar-refractivity contribution in [1.29, 1.82) is 5.41 Å². The van der Waals surface area contributed by atoms with Crippen molar-refractivity contribution in [2.75, 3.05) is 0 Å². The Balaban J connectivity index is 3.16. The number of hydrogen-bond donors (Lipinski definition) is 3. The minimum Gasteiger partial charge on any atom is -0.504 e. The maximum atomic E-state index is 13.0. The van der Waals surface area contributed by atoms with Gasteiger partial charge >= 0.3 is 0 Å². The number of ketones is 1. The number of Topliss-reactive ketones (excluding diaryl/α,β-unsaturated/α-hetero) is 1. The molecule has 0 atom stereocenters. The molecule has 0 fully saturated rings. The summed E-state index contributed by atoms with van der Waals surface area (Å²) in [6, 6.07) is 1.83. The molecule has 0 bridgehead atoms. The number of carbonyl (C=O) groups is 1. The van der Waals surface area contributed by atoms with Crippen molar-refractivity contribution < 1.29 is 19.4 Å². The van der Waals surface area contributed by atoms with Crippen LogP contribution in [-0.4, -0.2) is 21.7 Å². The average Bonchev–Trinajstić information content (AvgIpc) is 2.22. The fourth-order valence-electron chi connectivity index (χ4n) is 1.16. The lowest BCUT2D eigenvalue weighted by Gasteiger charge is -2.07. The second kappa shape index (κ2) is 4.30. The van der Waals surface area contributed by atoms with E-state index in [0.717, 1.165) is 12.1 Å². The summed E-state index contributed by atoms with van der Waals surface area (Å²) >= 11 is 0. The number of halogens is 1. The monoisotopic (exact) mass is 225 g/mol. The van der Waals surface area contributed by atoms with Crippen LogP contribution in [0.4, 0.5) is 4.39 Å². The zero-order chi connectivity index (χ0) is 12.5. The minimum absolute atomic E-state index is 0.0495. The van der Waals surface area contributed by atoms with Crippen molar-refractivity contribution >= 4 is 11.5 Å². The third-order valence-corrected chi connectivity index (χ3v) is 2.10. The minimum atomic E-state index is -1.06. The largest absolute Gasteiger partial charge is 0.504 e. The number of aromatic hydroxyl groups is 2.